The fraction of sp³-hybridized carbons (Fsp3) is 0.643. The number of hydrogen-bond acceptors (Lipinski definition) is 5. The number of nitrogens with one attached hydrogen (secondary N) is 2. The lowest BCUT2D eigenvalue weighted by molar-refractivity contribution is 0.0861. The van der Waals surface area contributed by atoms with Gasteiger partial charge in [-0.25, -0.2) is 4.98 Å². The van der Waals surface area contributed by atoms with E-state index < -0.39 is 0 Å². The smallest absolute Gasteiger partial charge is 0.271 e. The normalized spacial score (nSPS) is 12.2. The first-order valence-electron chi connectivity index (χ1n) is 6.94. The molecule has 0 radical (unpaired) electrons. The molecule has 0 aliphatic rings. The molecule has 112 valence electrons. The third kappa shape index (κ3) is 5.13. The van der Waals surface area contributed by atoms with Crippen molar-refractivity contribution in [1.29, 1.82) is 0 Å². The number of carbonyl (C=O) groups is 1. The highest BCUT2D eigenvalue weighted by Gasteiger charge is 2.18. The third-order valence-electron chi connectivity index (χ3n) is 2.89. The number of anilines is 1. The van der Waals surface area contributed by atoms with Crippen molar-refractivity contribution in [2.45, 2.75) is 33.2 Å². The molecule has 0 aromatic carbocycles. The zero-order valence-corrected chi connectivity index (χ0v) is 12.6. The minimum Gasteiger partial charge on any atom is -0.383 e. The van der Waals surface area contributed by atoms with Crippen molar-refractivity contribution in [1.82, 2.24) is 15.3 Å². The summed E-state index contributed by atoms with van der Waals surface area (Å²) in [7, 11) is 1.62. The maximum Gasteiger partial charge on any atom is 0.271 e. The molecule has 1 aromatic heterocycles. The van der Waals surface area contributed by atoms with Crippen LogP contribution >= 0.6 is 0 Å². The Bertz CT molecular complexity index is 423. The van der Waals surface area contributed by atoms with Gasteiger partial charge in [0, 0.05) is 13.7 Å². The minimum atomic E-state index is -0.228. The van der Waals surface area contributed by atoms with Crippen molar-refractivity contribution < 1.29 is 9.53 Å². The number of ether oxygens (including phenoxy) is 1. The van der Waals surface area contributed by atoms with Gasteiger partial charge in [-0.2, -0.15) is 0 Å². The number of nitrogens with zero attached hydrogens (tertiary/aromatic N) is 2. The second-order valence-electron chi connectivity index (χ2n) is 5.00. The van der Waals surface area contributed by atoms with Crippen LogP contribution in [0.2, 0.25) is 0 Å². The van der Waals surface area contributed by atoms with Gasteiger partial charge in [-0.1, -0.05) is 20.8 Å². The summed E-state index contributed by atoms with van der Waals surface area (Å²) in [5, 5.41) is 6.04. The van der Waals surface area contributed by atoms with Crippen molar-refractivity contribution in [3.05, 3.63) is 18.1 Å². The minimum absolute atomic E-state index is 0.0402. The van der Waals surface area contributed by atoms with Crippen LogP contribution in [0, 0.1) is 5.92 Å². The quantitative estimate of drug-likeness (QED) is 0.758. The predicted molar refractivity (Wildman–Crippen MR) is 78.8 cm³/mol. The lowest BCUT2D eigenvalue weighted by Crippen LogP contribution is -2.42. The molecule has 1 atom stereocenters. The SMILES string of the molecule is CCCNc1cncc(C(=O)NC(COC)C(C)C)n1. The topological polar surface area (TPSA) is 76.1 Å². The van der Waals surface area contributed by atoms with Crippen LogP contribution in [0.1, 0.15) is 37.7 Å². The molecule has 2 N–H and O–H groups in total. The molecule has 0 aliphatic carbocycles. The molecule has 0 saturated carbocycles. The van der Waals surface area contributed by atoms with E-state index in [4.69, 9.17) is 4.74 Å². The maximum absolute atomic E-state index is 12.2. The molecule has 1 heterocycles. The first-order valence-corrected chi connectivity index (χ1v) is 6.94. The molecule has 1 amide bonds. The molecule has 0 saturated heterocycles. The summed E-state index contributed by atoms with van der Waals surface area (Å²) >= 11 is 0. The average Bonchev–Trinajstić information content (AvgIpc) is 2.44. The lowest BCUT2D eigenvalue weighted by atomic mass is 10.1. The van der Waals surface area contributed by atoms with Crippen LogP contribution in [-0.2, 0) is 4.74 Å². The van der Waals surface area contributed by atoms with E-state index in [-0.39, 0.29) is 17.9 Å². The molecule has 1 rings (SSSR count). The Hall–Kier alpha value is -1.69. The zero-order chi connectivity index (χ0) is 15.0. The Morgan fingerprint density at radius 1 is 1.40 bits per heavy atom. The number of aromatic nitrogens is 2. The zero-order valence-electron chi connectivity index (χ0n) is 12.6. The molecule has 6 heteroatoms. The monoisotopic (exact) mass is 280 g/mol. The number of hydrogen-bond donors (Lipinski definition) is 2. The van der Waals surface area contributed by atoms with Gasteiger partial charge in [0.15, 0.2) is 0 Å². The van der Waals surface area contributed by atoms with Gasteiger partial charge in [0.05, 0.1) is 25.0 Å². The van der Waals surface area contributed by atoms with Crippen molar-refractivity contribution >= 4 is 11.7 Å². The van der Waals surface area contributed by atoms with E-state index in [0.717, 1.165) is 13.0 Å². The fourth-order valence-electron chi connectivity index (χ4n) is 1.64. The summed E-state index contributed by atoms with van der Waals surface area (Å²) in [6, 6.07) is -0.0402. The average molecular weight is 280 g/mol. The van der Waals surface area contributed by atoms with E-state index in [0.29, 0.717) is 18.1 Å². The molecule has 0 aliphatic heterocycles. The molecular formula is C14H24N4O2. The van der Waals surface area contributed by atoms with E-state index in [1.165, 1.54) is 6.20 Å². The van der Waals surface area contributed by atoms with Crippen LogP contribution in [0.5, 0.6) is 0 Å². The van der Waals surface area contributed by atoms with Gasteiger partial charge in [-0.05, 0) is 12.3 Å². The van der Waals surface area contributed by atoms with Gasteiger partial charge in [0.25, 0.3) is 5.91 Å². The highest BCUT2D eigenvalue weighted by molar-refractivity contribution is 5.92. The Balaban J connectivity index is 2.70. The van der Waals surface area contributed by atoms with E-state index >= 15 is 0 Å². The van der Waals surface area contributed by atoms with Crippen LogP contribution < -0.4 is 10.6 Å². The number of amides is 1. The van der Waals surface area contributed by atoms with E-state index in [1.807, 2.05) is 13.8 Å². The standard InChI is InChI=1S/C14H24N4O2/c1-5-6-16-13-8-15-7-11(17-13)14(19)18-12(9-20-4)10(2)3/h7-8,10,12H,5-6,9H2,1-4H3,(H,16,17)(H,18,19). The van der Waals surface area contributed by atoms with Gasteiger partial charge in [-0.3, -0.25) is 9.78 Å². The van der Waals surface area contributed by atoms with Crippen molar-refractivity contribution in [3.63, 3.8) is 0 Å². The second-order valence-corrected chi connectivity index (χ2v) is 5.00. The van der Waals surface area contributed by atoms with Gasteiger partial charge in [-0.15, -0.1) is 0 Å². The van der Waals surface area contributed by atoms with Crippen LogP contribution in [0.3, 0.4) is 0 Å². The molecule has 0 spiro atoms. The van der Waals surface area contributed by atoms with Crippen LogP contribution in [0.15, 0.2) is 12.4 Å². The van der Waals surface area contributed by atoms with Gasteiger partial charge in [0.1, 0.15) is 11.5 Å². The summed E-state index contributed by atoms with van der Waals surface area (Å²) < 4.78 is 5.12. The van der Waals surface area contributed by atoms with E-state index in [9.17, 15) is 4.79 Å². The summed E-state index contributed by atoms with van der Waals surface area (Å²) in [6.07, 6.45) is 4.07. The molecule has 0 bridgehead atoms. The first kappa shape index (κ1) is 16.4. The molecule has 1 unspecified atom stereocenters. The van der Waals surface area contributed by atoms with E-state index in [2.05, 4.69) is 27.5 Å². The number of carbonyl (C=O) groups excluding carboxylic acids is 1. The van der Waals surface area contributed by atoms with Gasteiger partial charge >= 0.3 is 0 Å². The summed E-state index contributed by atoms with van der Waals surface area (Å²) in [5.41, 5.74) is 0.313. The lowest BCUT2D eigenvalue weighted by Gasteiger charge is -2.21. The maximum atomic E-state index is 12.2. The summed E-state index contributed by atoms with van der Waals surface area (Å²) in [6.45, 7) is 7.42. The van der Waals surface area contributed by atoms with E-state index in [1.54, 1.807) is 13.3 Å². The van der Waals surface area contributed by atoms with Crippen molar-refractivity contribution in [3.8, 4) is 0 Å². The second kappa shape index (κ2) is 8.47. The highest BCUT2D eigenvalue weighted by Crippen LogP contribution is 2.06. The largest absolute Gasteiger partial charge is 0.383 e. The Morgan fingerprint density at radius 3 is 2.75 bits per heavy atom. The molecule has 6 nitrogen and oxygen atoms in total. The molecule has 20 heavy (non-hydrogen) atoms. The first-order chi connectivity index (χ1) is 9.58. The summed E-state index contributed by atoms with van der Waals surface area (Å²) in [4.78, 5) is 20.5. The van der Waals surface area contributed by atoms with Crippen molar-refractivity contribution in [2.75, 3.05) is 25.6 Å². The predicted octanol–water partition coefficient (Wildman–Crippen LogP) is 1.70. The van der Waals surface area contributed by atoms with Gasteiger partial charge in [0.2, 0.25) is 0 Å². The number of methoxy groups -OCH3 is 1. The fourth-order valence-corrected chi connectivity index (χ4v) is 1.64. The van der Waals surface area contributed by atoms with Crippen molar-refractivity contribution in [2.24, 2.45) is 5.92 Å². The van der Waals surface area contributed by atoms with Crippen LogP contribution in [0.4, 0.5) is 5.82 Å². The van der Waals surface area contributed by atoms with Crippen LogP contribution in [-0.4, -0.2) is 42.2 Å². The highest BCUT2D eigenvalue weighted by atomic mass is 16.5. The molecular weight excluding hydrogens is 256 g/mol. The third-order valence-corrected chi connectivity index (χ3v) is 2.89. The Kier molecular flexibility index (Phi) is 6.93. The Morgan fingerprint density at radius 2 is 2.15 bits per heavy atom. The summed E-state index contributed by atoms with van der Waals surface area (Å²) in [5.74, 6) is 0.675. The molecule has 1 aromatic rings. The number of rotatable bonds is 8. The van der Waals surface area contributed by atoms with Gasteiger partial charge < -0.3 is 15.4 Å². The van der Waals surface area contributed by atoms with Crippen LogP contribution in [0.25, 0.3) is 0 Å². The Labute approximate surface area is 120 Å². The molecule has 0 fully saturated rings.